The van der Waals surface area contributed by atoms with Crippen LogP contribution in [0.3, 0.4) is 0 Å². The Morgan fingerprint density at radius 2 is 2.19 bits per heavy atom. The topological polar surface area (TPSA) is 89.6 Å². The zero-order valence-electron chi connectivity index (χ0n) is 15.5. The van der Waals surface area contributed by atoms with Gasteiger partial charge in [0.25, 0.3) is 0 Å². The summed E-state index contributed by atoms with van der Waals surface area (Å²) in [5, 5.41) is 9.04. The maximum atomic E-state index is 13.0. The summed E-state index contributed by atoms with van der Waals surface area (Å²) in [6.45, 7) is 5.54. The minimum Gasteiger partial charge on any atom is -0.366 e. The number of aromatic nitrogens is 1. The number of pyridine rings is 1. The van der Waals surface area contributed by atoms with Crippen molar-refractivity contribution in [2.45, 2.75) is 38.4 Å². The van der Waals surface area contributed by atoms with Crippen molar-refractivity contribution in [3.63, 3.8) is 0 Å². The van der Waals surface area contributed by atoms with Crippen molar-refractivity contribution in [3.8, 4) is 0 Å². The molecule has 0 saturated carbocycles. The van der Waals surface area contributed by atoms with Crippen molar-refractivity contribution < 1.29 is 9.59 Å². The fourth-order valence-electron chi connectivity index (χ4n) is 3.74. The Morgan fingerprint density at radius 3 is 2.93 bits per heavy atom. The maximum absolute atomic E-state index is 13.0. The Labute approximate surface area is 158 Å². The molecule has 1 unspecified atom stereocenters. The lowest BCUT2D eigenvalue weighted by molar-refractivity contribution is -0.122. The van der Waals surface area contributed by atoms with E-state index in [1.165, 1.54) is 0 Å². The first-order valence-corrected chi connectivity index (χ1v) is 9.28. The number of amides is 3. The molecular formula is C19H24N6O2. The molecule has 8 nitrogen and oxygen atoms in total. The van der Waals surface area contributed by atoms with Crippen molar-refractivity contribution in [2.24, 2.45) is 0 Å². The summed E-state index contributed by atoms with van der Waals surface area (Å²) in [6.07, 6.45) is 6.33. The van der Waals surface area contributed by atoms with E-state index >= 15 is 0 Å². The average Bonchev–Trinajstić information content (AvgIpc) is 3.06. The monoisotopic (exact) mass is 368 g/mol. The van der Waals surface area contributed by atoms with Gasteiger partial charge in [-0.05, 0) is 38.5 Å². The predicted molar refractivity (Wildman–Crippen MR) is 101 cm³/mol. The number of hydrogen-bond donors (Lipinski definition) is 3. The van der Waals surface area contributed by atoms with Crippen LogP contribution in [0.15, 0.2) is 48.1 Å². The molecule has 3 amide bonds. The number of anilines is 1. The zero-order chi connectivity index (χ0) is 19.0. The molecule has 0 aliphatic carbocycles. The molecule has 1 saturated heterocycles. The normalized spacial score (nSPS) is 23.2. The third-order valence-electron chi connectivity index (χ3n) is 4.92. The van der Waals surface area contributed by atoms with E-state index < -0.39 is 6.04 Å². The summed E-state index contributed by atoms with van der Waals surface area (Å²) < 4.78 is 0. The van der Waals surface area contributed by atoms with Crippen molar-refractivity contribution in [1.82, 2.24) is 25.4 Å². The molecule has 142 valence electrons. The summed E-state index contributed by atoms with van der Waals surface area (Å²) in [7, 11) is 0. The predicted octanol–water partition coefficient (Wildman–Crippen LogP) is 1.23. The van der Waals surface area contributed by atoms with Gasteiger partial charge in [0, 0.05) is 25.3 Å². The summed E-state index contributed by atoms with van der Waals surface area (Å²) in [5.74, 6) is 1.08. The van der Waals surface area contributed by atoms with Gasteiger partial charge in [0.15, 0.2) is 0 Å². The van der Waals surface area contributed by atoms with E-state index in [2.05, 4.69) is 25.8 Å². The molecule has 1 aromatic rings. The Bertz CT molecular complexity index is 804. The Kier molecular flexibility index (Phi) is 4.47. The number of carbonyl (C=O) groups excluding carboxylic acids is 2. The lowest BCUT2D eigenvalue weighted by atomic mass is 10.1. The van der Waals surface area contributed by atoms with E-state index in [1.807, 2.05) is 32.1 Å². The first kappa shape index (κ1) is 17.4. The molecule has 8 heteroatoms. The number of nitrogens with zero attached hydrogens (tertiary/aromatic N) is 3. The van der Waals surface area contributed by atoms with Gasteiger partial charge < -0.3 is 15.5 Å². The van der Waals surface area contributed by atoms with Crippen molar-refractivity contribution in [1.29, 1.82) is 0 Å². The molecule has 2 atom stereocenters. The summed E-state index contributed by atoms with van der Waals surface area (Å²) in [4.78, 5) is 33.6. The lowest BCUT2D eigenvalue weighted by Gasteiger charge is -2.40. The summed E-state index contributed by atoms with van der Waals surface area (Å²) in [6, 6.07) is 4.77. The largest absolute Gasteiger partial charge is 0.366 e. The first-order valence-electron chi connectivity index (χ1n) is 9.28. The molecule has 3 N–H and O–H groups in total. The second-order valence-electron chi connectivity index (χ2n) is 7.28. The first-order chi connectivity index (χ1) is 13.0. The molecular weight excluding hydrogens is 344 g/mol. The lowest BCUT2D eigenvalue weighted by Crippen LogP contribution is -2.56. The molecule has 0 aromatic carbocycles. The number of urea groups is 1. The fourth-order valence-corrected chi connectivity index (χ4v) is 3.74. The van der Waals surface area contributed by atoms with E-state index in [1.54, 1.807) is 23.2 Å². The number of nitrogens with one attached hydrogen (secondary N) is 3. The van der Waals surface area contributed by atoms with Crippen LogP contribution in [-0.2, 0) is 4.79 Å². The molecule has 2 bridgehead atoms. The van der Waals surface area contributed by atoms with Crippen molar-refractivity contribution >= 4 is 17.8 Å². The van der Waals surface area contributed by atoms with Crippen molar-refractivity contribution in [3.05, 3.63) is 48.1 Å². The SMILES string of the molecule is CC(C)NC(=O)C1C=CC2=C(N1)N(C(=O)Nc1ccccn1)[C@H]1CCN2C1. The highest BCUT2D eigenvalue weighted by atomic mass is 16.2. The fraction of sp³-hybridized carbons (Fsp3) is 0.421. The van der Waals surface area contributed by atoms with Gasteiger partial charge in [-0.25, -0.2) is 9.78 Å². The van der Waals surface area contributed by atoms with Crippen LogP contribution in [0.5, 0.6) is 0 Å². The molecule has 3 aliphatic rings. The Morgan fingerprint density at radius 1 is 1.33 bits per heavy atom. The quantitative estimate of drug-likeness (QED) is 0.747. The number of rotatable bonds is 3. The van der Waals surface area contributed by atoms with Gasteiger partial charge in [-0.15, -0.1) is 0 Å². The number of fused-ring (bicyclic) bond motifs is 3. The smallest absolute Gasteiger partial charge is 0.328 e. The molecule has 3 aliphatic heterocycles. The van der Waals surface area contributed by atoms with Gasteiger partial charge in [0.05, 0.1) is 11.7 Å². The molecule has 0 spiro atoms. The van der Waals surface area contributed by atoms with E-state index in [-0.39, 0.29) is 24.0 Å². The molecule has 1 aromatic heterocycles. The van der Waals surface area contributed by atoms with Crippen molar-refractivity contribution in [2.75, 3.05) is 18.4 Å². The van der Waals surface area contributed by atoms with Gasteiger partial charge in [-0.2, -0.15) is 0 Å². The van der Waals surface area contributed by atoms with E-state index in [0.29, 0.717) is 11.6 Å². The number of allylic oxidation sites excluding steroid dienone is 1. The number of dihydropyridines is 1. The molecule has 4 rings (SSSR count). The second-order valence-corrected chi connectivity index (χ2v) is 7.28. The second kappa shape index (κ2) is 6.94. The molecule has 4 heterocycles. The van der Waals surface area contributed by atoms with Gasteiger partial charge in [0.2, 0.25) is 5.91 Å². The standard InChI is InChI=1S/C19H24N6O2/c1-12(2)21-18(26)14-6-7-15-17(22-14)25(13-8-10-24(15)11-13)19(27)23-16-5-3-4-9-20-16/h3-7,9,12-14,22H,8,10-11H2,1-2H3,(H,21,26)(H,20,23,27)/t13-,14?/m0/s1. The number of hydrogen-bond acceptors (Lipinski definition) is 5. The van der Waals surface area contributed by atoms with Gasteiger partial charge >= 0.3 is 6.03 Å². The van der Waals surface area contributed by atoms with Gasteiger partial charge in [-0.3, -0.25) is 15.0 Å². The molecule has 0 radical (unpaired) electrons. The third-order valence-corrected chi connectivity index (χ3v) is 4.92. The van der Waals surface area contributed by atoms with Crippen LogP contribution in [-0.4, -0.2) is 57.9 Å². The minimum atomic E-state index is -0.505. The minimum absolute atomic E-state index is 0.0536. The molecule has 1 fully saturated rings. The maximum Gasteiger partial charge on any atom is 0.328 e. The van der Waals surface area contributed by atoms with Crippen LogP contribution < -0.4 is 16.0 Å². The highest BCUT2D eigenvalue weighted by molar-refractivity contribution is 5.91. The van der Waals surface area contributed by atoms with Crippen LogP contribution in [0.4, 0.5) is 10.6 Å². The van der Waals surface area contributed by atoms with E-state index in [0.717, 1.165) is 25.2 Å². The highest BCUT2D eigenvalue weighted by Gasteiger charge is 2.42. The van der Waals surface area contributed by atoms with Gasteiger partial charge in [0.1, 0.15) is 17.7 Å². The van der Waals surface area contributed by atoms with Gasteiger partial charge in [-0.1, -0.05) is 12.1 Å². The summed E-state index contributed by atoms with van der Waals surface area (Å²) >= 11 is 0. The van der Waals surface area contributed by atoms with Crippen LogP contribution in [0, 0.1) is 0 Å². The number of carbonyl (C=O) groups is 2. The average molecular weight is 368 g/mol. The van der Waals surface area contributed by atoms with Crippen LogP contribution in [0.1, 0.15) is 20.3 Å². The van der Waals surface area contributed by atoms with Crippen LogP contribution in [0.2, 0.25) is 0 Å². The Hall–Kier alpha value is -3.03. The Balaban J connectivity index is 1.58. The van der Waals surface area contributed by atoms with E-state index in [9.17, 15) is 9.59 Å². The highest BCUT2D eigenvalue weighted by Crippen LogP contribution is 2.33. The van der Waals surface area contributed by atoms with Crippen LogP contribution in [0.25, 0.3) is 0 Å². The third kappa shape index (κ3) is 3.34. The summed E-state index contributed by atoms with van der Waals surface area (Å²) in [5.41, 5.74) is 0.952. The molecule has 27 heavy (non-hydrogen) atoms. The van der Waals surface area contributed by atoms with Crippen LogP contribution >= 0.6 is 0 Å². The zero-order valence-corrected chi connectivity index (χ0v) is 15.5. The van der Waals surface area contributed by atoms with E-state index in [4.69, 9.17) is 0 Å².